The molecule has 7 rings (SSSR count). The predicted molar refractivity (Wildman–Crippen MR) is 149 cm³/mol. The number of pyridine rings is 1. The van der Waals surface area contributed by atoms with E-state index in [1.807, 2.05) is 36.3 Å². The van der Waals surface area contributed by atoms with E-state index in [9.17, 15) is 9.59 Å². The predicted octanol–water partition coefficient (Wildman–Crippen LogP) is 3.11. The van der Waals surface area contributed by atoms with Gasteiger partial charge < -0.3 is 15.2 Å². The van der Waals surface area contributed by atoms with Gasteiger partial charge in [0.25, 0.3) is 5.91 Å². The summed E-state index contributed by atoms with van der Waals surface area (Å²) in [5.74, 6) is 0.836. The molecule has 208 valence electrons. The quantitative estimate of drug-likeness (QED) is 0.336. The highest BCUT2D eigenvalue weighted by molar-refractivity contribution is 6.04. The van der Waals surface area contributed by atoms with Crippen molar-refractivity contribution in [3.05, 3.63) is 60.2 Å². The summed E-state index contributed by atoms with van der Waals surface area (Å²) in [5.41, 5.74) is 5.34. The van der Waals surface area contributed by atoms with E-state index in [0.717, 1.165) is 34.6 Å². The van der Waals surface area contributed by atoms with Crippen LogP contribution in [0.15, 0.2) is 43.1 Å². The van der Waals surface area contributed by atoms with Gasteiger partial charge in [-0.3, -0.25) is 19.3 Å². The van der Waals surface area contributed by atoms with Crippen LogP contribution in [0.25, 0.3) is 28.2 Å². The van der Waals surface area contributed by atoms with Crippen LogP contribution in [0, 0.1) is 0 Å². The van der Waals surface area contributed by atoms with Crippen LogP contribution in [0.1, 0.15) is 65.2 Å². The minimum atomic E-state index is -0.157. The fraction of sp³-hybridized carbons (Fsp3) is 0.357. The maximum atomic E-state index is 13.3. The highest BCUT2D eigenvalue weighted by Crippen LogP contribution is 2.39. The molecule has 41 heavy (non-hydrogen) atoms. The van der Waals surface area contributed by atoms with Crippen molar-refractivity contribution in [1.82, 2.24) is 49.4 Å². The van der Waals surface area contributed by atoms with Gasteiger partial charge in [-0.25, -0.2) is 4.98 Å². The van der Waals surface area contributed by atoms with Crippen molar-refractivity contribution in [2.45, 2.75) is 44.6 Å². The first kappa shape index (κ1) is 25.1. The van der Waals surface area contributed by atoms with Crippen LogP contribution in [0.2, 0.25) is 0 Å². The third-order valence-corrected chi connectivity index (χ3v) is 8.10. The largest absolute Gasteiger partial charge is 0.369 e. The average molecular weight is 552 g/mol. The van der Waals surface area contributed by atoms with Gasteiger partial charge in [-0.15, -0.1) is 10.2 Å². The number of carbonyl (C=O) groups is 2. The number of likely N-dealkylation sites (tertiary alicyclic amines) is 1. The van der Waals surface area contributed by atoms with Crippen molar-refractivity contribution in [2.24, 2.45) is 7.05 Å². The molecule has 2 unspecified atom stereocenters. The first-order chi connectivity index (χ1) is 20.0. The summed E-state index contributed by atoms with van der Waals surface area (Å²) < 4.78 is 3.48. The molecule has 2 N–H and O–H groups in total. The molecule has 0 bridgehead atoms. The molecule has 0 spiro atoms. The minimum absolute atomic E-state index is 0.00809. The van der Waals surface area contributed by atoms with E-state index in [2.05, 4.69) is 42.6 Å². The number of hydrogen-bond acceptors (Lipinski definition) is 9. The molecular weight excluding hydrogens is 522 g/mol. The summed E-state index contributed by atoms with van der Waals surface area (Å²) in [6.07, 6.45) is 9.44. The van der Waals surface area contributed by atoms with Crippen molar-refractivity contribution in [3.63, 3.8) is 0 Å². The van der Waals surface area contributed by atoms with Crippen LogP contribution in [-0.2, 0) is 7.05 Å². The molecular formula is C28H29N11O2. The maximum Gasteiger partial charge on any atom is 0.291 e. The Morgan fingerprint density at radius 2 is 2.07 bits per heavy atom. The Labute approximate surface area is 235 Å². The summed E-state index contributed by atoms with van der Waals surface area (Å²) in [7, 11) is 1.88. The molecule has 2 aliphatic heterocycles. The lowest BCUT2D eigenvalue weighted by Gasteiger charge is -2.39. The number of fused-ring (bicyclic) bond motifs is 3. The second-order valence-electron chi connectivity index (χ2n) is 10.5. The van der Waals surface area contributed by atoms with Crippen LogP contribution >= 0.6 is 0 Å². The van der Waals surface area contributed by atoms with E-state index in [0.29, 0.717) is 49.4 Å². The third kappa shape index (κ3) is 4.24. The van der Waals surface area contributed by atoms with Gasteiger partial charge in [0.15, 0.2) is 11.4 Å². The molecule has 0 radical (unpaired) electrons. The number of nitrogens with zero attached hydrogens (tertiary/aromatic N) is 9. The highest BCUT2D eigenvalue weighted by Gasteiger charge is 2.37. The van der Waals surface area contributed by atoms with Gasteiger partial charge in [-0.2, -0.15) is 14.7 Å². The first-order valence-corrected chi connectivity index (χ1v) is 13.8. The number of amides is 1. The Kier molecular flexibility index (Phi) is 6.06. The number of ketones is 1. The number of H-pyrrole nitrogens is 1. The number of aryl methyl sites for hydroxylation is 1. The lowest BCUT2D eigenvalue weighted by Crippen LogP contribution is -2.46. The number of Topliss-reactive ketones (excluding diaryl/α,β-unsaturated/α-hetero) is 1. The van der Waals surface area contributed by atoms with Crippen LogP contribution in [0.3, 0.4) is 0 Å². The molecule has 1 saturated heterocycles. The Morgan fingerprint density at radius 1 is 1.17 bits per heavy atom. The normalized spacial score (nSPS) is 18.9. The zero-order chi connectivity index (χ0) is 28.1. The number of nitrogens with one attached hydrogen (secondary N) is 2. The number of anilines is 1. The number of carbonyl (C=O) groups excluding carboxylic acids is 2. The summed E-state index contributed by atoms with van der Waals surface area (Å²) in [6, 6.07) is 5.84. The van der Waals surface area contributed by atoms with Crippen LogP contribution in [0.5, 0.6) is 0 Å². The number of hydrogen-bond donors (Lipinski definition) is 2. The van der Waals surface area contributed by atoms with Crippen LogP contribution in [0.4, 0.5) is 5.82 Å². The van der Waals surface area contributed by atoms with Gasteiger partial charge in [-0.05, 0) is 31.4 Å². The molecule has 1 fully saturated rings. The van der Waals surface area contributed by atoms with Gasteiger partial charge in [0.2, 0.25) is 5.82 Å². The first-order valence-electron chi connectivity index (χ1n) is 13.8. The van der Waals surface area contributed by atoms with Gasteiger partial charge in [0.1, 0.15) is 17.8 Å². The summed E-state index contributed by atoms with van der Waals surface area (Å²) in [6.45, 7) is 3.15. The molecule has 0 aliphatic carbocycles. The van der Waals surface area contributed by atoms with Crippen molar-refractivity contribution in [2.75, 3.05) is 18.4 Å². The van der Waals surface area contributed by atoms with Crippen LogP contribution < -0.4 is 5.32 Å². The molecule has 5 aromatic heterocycles. The number of piperidine rings is 1. The smallest absolute Gasteiger partial charge is 0.291 e. The topological polar surface area (TPSA) is 152 Å². The van der Waals surface area contributed by atoms with Gasteiger partial charge in [0, 0.05) is 62.0 Å². The second kappa shape index (κ2) is 9.91. The van der Waals surface area contributed by atoms with Gasteiger partial charge in [0.05, 0.1) is 23.1 Å². The molecule has 2 atom stereocenters. The van der Waals surface area contributed by atoms with E-state index < -0.39 is 0 Å². The van der Waals surface area contributed by atoms with Gasteiger partial charge in [-0.1, -0.05) is 13.0 Å². The monoisotopic (exact) mass is 551 g/mol. The second-order valence-corrected chi connectivity index (χ2v) is 10.5. The average Bonchev–Trinajstić information content (AvgIpc) is 3.78. The zero-order valence-corrected chi connectivity index (χ0v) is 22.8. The lowest BCUT2D eigenvalue weighted by atomic mass is 9.83. The van der Waals surface area contributed by atoms with Crippen molar-refractivity contribution >= 4 is 23.2 Å². The zero-order valence-electron chi connectivity index (χ0n) is 22.8. The lowest BCUT2D eigenvalue weighted by molar-refractivity contribution is 0.0570. The van der Waals surface area contributed by atoms with Crippen LogP contribution in [-0.4, -0.2) is 80.3 Å². The Bertz CT molecular complexity index is 1750. The van der Waals surface area contributed by atoms with E-state index >= 15 is 0 Å². The summed E-state index contributed by atoms with van der Waals surface area (Å²) >= 11 is 0. The standard InChI is InChI=1S/C28H29N11O2/c1-3-18-12-16(7-11-38(18)28(41)25-31-15-32-35-25)24-23-22(40)6-9-29-27(23)39-26(34-24)19(14-33-39)17-4-5-20(30-13-17)21-8-10-37(2)36-21/h4-5,8,10,13-16,18,29H,3,6-7,9,11-12H2,1-2H3,(H,31,32,35). The number of aromatic amines is 1. The summed E-state index contributed by atoms with van der Waals surface area (Å²) in [5, 5.41) is 20.2. The molecule has 2 aliphatic rings. The van der Waals surface area contributed by atoms with E-state index in [1.54, 1.807) is 21.6 Å². The molecule has 13 heteroatoms. The molecule has 5 aromatic rings. The SMILES string of the molecule is CCC1CC(c2nc3c(-c4ccc(-c5ccn(C)n5)nc4)cnn3c3c2C(=O)CCN3)CCN1C(=O)c1nnc[nH]1. The van der Waals surface area contributed by atoms with E-state index in [1.165, 1.54) is 6.33 Å². The molecule has 13 nitrogen and oxygen atoms in total. The Balaban J connectivity index is 1.27. The Hall–Kier alpha value is -4.94. The fourth-order valence-corrected chi connectivity index (χ4v) is 6.02. The molecule has 0 aromatic carbocycles. The fourth-order valence-electron chi connectivity index (χ4n) is 6.02. The van der Waals surface area contributed by atoms with Crippen molar-refractivity contribution < 1.29 is 9.59 Å². The maximum absolute atomic E-state index is 13.3. The highest BCUT2D eigenvalue weighted by atomic mass is 16.2. The van der Waals surface area contributed by atoms with Crippen molar-refractivity contribution in [3.8, 4) is 22.5 Å². The Morgan fingerprint density at radius 3 is 2.80 bits per heavy atom. The van der Waals surface area contributed by atoms with Gasteiger partial charge >= 0.3 is 0 Å². The molecule has 7 heterocycles. The molecule has 1 amide bonds. The summed E-state index contributed by atoms with van der Waals surface area (Å²) in [4.78, 5) is 40.9. The minimum Gasteiger partial charge on any atom is -0.369 e. The molecule has 0 saturated carbocycles. The van der Waals surface area contributed by atoms with E-state index in [-0.39, 0.29) is 29.5 Å². The van der Waals surface area contributed by atoms with Crippen molar-refractivity contribution in [1.29, 1.82) is 0 Å². The third-order valence-electron chi connectivity index (χ3n) is 8.10. The van der Waals surface area contributed by atoms with E-state index in [4.69, 9.17) is 4.98 Å². The number of aromatic nitrogens is 9. The number of rotatable bonds is 5.